The van der Waals surface area contributed by atoms with Crippen LogP contribution in [0.5, 0.6) is 0 Å². The Bertz CT molecular complexity index is 285. The molecule has 0 aromatic carbocycles. The first-order valence-corrected chi connectivity index (χ1v) is 5.90. The van der Waals surface area contributed by atoms with E-state index in [1.807, 2.05) is 20.8 Å². The normalized spacial score (nSPS) is 12.3. The van der Waals surface area contributed by atoms with Crippen LogP contribution in [0.2, 0.25) is 0 Å². The summed E-state index contributed by atoms with van der Waals surface area (Å²) in [5.41, 5.74) is -1.47. The topological polar surface area (TPSA) is 78.4 Å². The smallest absolute Gasteiger partial charge is 0.310 e. The van der Waals surface area contributed by atoms with Crippen molar-refractivity contribution in [3.05, 3.63) is 0 Å². The molecule has 100 valence electrons. The van der Waals surface area contributed by atoms with E-state index < -0.39 is 16.9 Å². The molecule has 0 saturated heterocycles. The quantitative estimate of drug-likeness (QED) is 0.624. The summed E-state index contributed by atoms with van der Waals surface area (Å²) >= 11 is 0. The molecule has 0 aliphatic carbocycles. The molecular weight excluding hydrogens is 220 g/mol. The van der Waals surface area contributed by atoms with Gasteiger partial charge >= 0.3 is 5.97 Å². The van der Waals surface area contributed by atoms with Crippen molar-refractivity contribution < 1.29 is 14.7 Å². The number of rotatable bonds is 7. The summed E-state index contributed by atoms with van der Waals surface area (Å²) in [5.74, 6) is -0.878. The average Bonchev–Trinajstić information content (AvgIpc) is 2.17. The van der Waals surface area contributed by atoms with Crippen molar-refractivity contribution in [2.45, 2.75) is 46.6 Å². The summed E-state index contributed by atoms with van der Waals surface area (Å²) in [6.45, 7) is 9.96. The third-order valence-corrected chi connectivity index (χ3v) is 3.39. The molecule has 0 heterocycles. The van der Waals surface area contributed by atoms with Crippen molar-refractivity contribution in [1.29, 1.82) is 0 Å². The molecule has 0 unspecified atom stereocenters. The van der Waals surface area contributed by atoms with Crippen molar-refractivity contribution in [3.63, 3.8) is 0 Å². The predicted molar refractivity (Wildman–Crippen MR) is 66.8 cm³/mol. The van der Waals surface area contributed by atoms with E-state index in [-0.39, 0.29) is 5.91 Å². The van der Waals surface area contributed by atoms with Gasteiger partial charge in [0.2, 0.25) is 5.91 Å². The molecule has 1 amide bonds. The maximum atomic E-state index is 11.2. The number of nitrogens with one attached hydrogen (secondary N) is 2. The average molecular weight is 244 g/mol. The minimum Gasteiger partial charge on any atom is -0.481 e. The summed E-state index contributed by atoms with van der Waals surface area (Å²) in [5, 5.41) is 15.0. The second-order valence-electron chi connectivity index (χ2n) is 5.19. The molecule has 0 aromatic heterocycles. The minimum absolute atomic E-state index is 0.0241. The maximum Gasteiger partial charge on any atom is 0.310 e. The Labute approximate surface area is 103 Å². The zero-order chi connectivity index (χ0) is 13.7. The standard InChI is InChI=1S/C12H24N2O3/c1-6-13-9(15)7-8-14-12(4,5)11(2,3)10(16)17/h14H,6-8H2,1-5H3,(H,13,15)(H,16,17). The number of hydrogen-bond donors (Lipinski definition) is 3. The van der Waals surface area contributed by atoms with Crippen LogP contribution < -0.4 is 10.6 Å². The van der Waals surface area contributed by atoms with Gasteiger partial charge in [0, 0.05) is 25.0 Å². The molecule has 0 atom stereocenters. The van der Waals surface area contributed by atoms with Gasteiger partial charge in [-0.2, -0.15) is 0 Å². The van der Waals surface area contributed by atoms with Gasteiger partial charge in [-0.05, 0) is 34.6 Å². The Morgan fingerprint density at radius 3 is 2.12 bits per heavy atom. The van der Waals surface area contributed by atoms with E-state index in [0.29, 0.717) is 19.5 Å². The highest BCUT2D eigenvalue weighted by Crippen LogP contribution is 2.30. The molecule has 5 nitrogen and oxygen atoms in total. The maximum absolute atomic E-state index is 11.2. The molecule has 17 heavy (non-hydrogen) atoms. The van der Waals surface area contributed by atoms with Crippen molar-refractivity contribution >= 4 is 11.9 Å². The van der Waals surface area contributed by atoms with Gasteiger partial charge in [-0.3, -0.25) is 9.59 Å². The van der Waals surface area contributed by atoms with Crippen LogP contribution in [0.25, 0.3) is 0 Å². The zero-order valence-electron chi connectivity index (χ0n) is 11.4. The Morgan fingerprint density at radius 2 is 1.71 bits per heavy atom. The third-order valence-electron chi connectivity index (χ3n) is 3.39. The van der Waals surface area contributed by atoms with Crippen LogP contribution in [0.4, 0.5) is 0 Å². The first-order chi connectivity index (χ1) is 7.65. The van der Waals surface area contributed by atoms with Gasteiger partial charge in [0.1, 0.15) is 0 Å². The fourth-order valence-electron chi connectivity index (χ4n) is 1.26. The van der Waals surface area contributed by atoms with E-state index in [1.165, 1.54) is 0 Å². The number of carboxylic acid groups (broad SMARTS) is 1. The van der Waals surface area contributed by atoms with Crippen molar-refractivity contribution in [3.8, 4) is 0 Å². The van der Waals surface area contributed by atoms with Gasteiger partial charge in [-0.1, -0.05) is 0 Å². The summed E-state index contributed by atoms with van der Waals surface area (Å²) in [4.78, 5) is 22.4. The Balaban J connectivity index is 4.28. The van der Waals surface area contributed by atoms with Crippen LogP contribution in [-0.2, 0) is 9.59 Å². The van der Waals surface area contributed by atoms with Crippen LogP contribution in [0.3, 0.4) is 0 Å². The molecule has 0 fully saturated rings. The molecule has 0 aliphatic rings. The molecule has 0 spiro atoms. The molecule has 0 aliphatic heterocycles. The number of aliphatic carboxylic acids is 1. The van der Waals surface area contributed by atoms with Gasteiger partial charge < -0.3 is 15.7 Å². The Morgan fingerprint density at radius 1 is 1.18 bits per heavy atom. The highest BCUT2D eigenvalue weighted by atomic mass is 16.4. The van der Waals surface area contributed by atoms with Gasteiger partial charge in [0.25, 0.3) is 0 Å². The minimum atomic E-state index is -0.895. The lowest BCUT2D eigenvalue weighted by Gasteiger charge is -2.39. The fraction of sp³-hybridized carbons (Fsp3) is 0.833. The molecular formula is C12H24N2O3. The van der Waals surface area contributed by atoms with Gasteiger partial charge in [-0.25, -0.2) is 0 Å². The molecule has 3 N–H and O–H groups in total. The number of carboxylic acids is 1. The van der Waals surface area contributed by atoms with Crippen molar-refractivity contribution in [1.82, 2.24) is 10.6 Å². The lowest BCUT2D eigenvalue weighted by Crippen LogP contribution is -2.55. The van der Waals surface area contributed by atoms with Crippen molar-refractivity contribution in [2.75, 3.05) is 13.1 Å². The van der Waals surface area contributed by atoms with Crippen LogP contribution in [-0.4, -0.2) is 35.6 Å². The molecule has 0 saturated carbocycles. The Hall–Kier alpha value is -1.10. The molecule has 0 bridgehead atoms. The summed E-state index contributed by atoms with van der Waals surface area (Å²) in [6.07, 6.45) is 0.354. The third kappa shape index (κ3) is 4.34. The van der Waals surface area contributed by atoms with E-state index in [9.17, 15) is 9.59 Å². The van der Waals surface area contributed by atoms with Gasteiger partial charge in [-0.15, -0.1) is 0 Å². The lowest BCUT2D eigenvalue weighted by atomic mass is 9.74. The fourth-order valence-corrected chi connectivity index (χ4v) is 1.26. The number of amides is 1. The van der Waals surface area contributed by atoms with E-state index in [0.717, 1.165) is 0 Å². The van der Waals surface area contributed by atoms with E-state index in [4.69, 9.17) is 5.11 Å². The highest BCUT2D eigenvalue weighted by molar-refractivity contribution is 5.76. The largest absolute Gasteiger partial charge is 0.481 e. The predicted octanol–water partition coefficient (Wildman–Crippen LogP) is 0.992. The lowest BCUT2D eigenvalue weighted by molar-refractivity contribution is -0.151. The van der Waals surface area contributed by atoms with Crippen LogP contribution in [0.15, 0.2) is 0 Å². The number of hydrogen-bond acceptors (Lipinski definition) is 3. The summed E-state index contributed by atoms with van der Waals surface area (Å²) < 4.78 is 0. The first kappa shape index (κ1) is 15.9. The second-order valence-corrected chi connectivity index (χ2v) is 5.19. The van der Waals surface area contributed by atoms with Gasteiger partial charge in [0.15, 0.2) is 0 Å². The van der Waals surface area contributed by atoms with Crippen LogP contribution in [0, 0.1) is 5.41 Å². The zero-order valence-corrected chi connectivity index (χ0v) is 11.4. The van der Waals surface area contributed by atoms with Gasteiger partial charge in [0.05, 0.1) is 5.41 Å². The first-order valence-electron chi connectivity index (χ1n) is 5.90. The molecule has 0 radical (unpaired) electrons. The van der Waals surface area contributed by atoms with Crippen LogP contribution >= 0.6 is 0 Å². The Kier molecular flexibility index (Phi) is 5.61. The van der Waals surface area contributed by atoms with Crippen LogP contribution in [0.1, 0.15) is 41.0 Å². The highest BCUT2D eigenvalue weighted by Gasteiger charge is 2.42. The van der Waals surface area contributed by atoms with E-state index in [1.54, 1.807) is 13.8 Å². The summed E-state index contributed by atoms with van der Waals surface area (Å²) in [6, 6.07) is 0. The monoisotopic (exact) mass is 244 g/mol. The van der Waals surface area contributed by atoms with Crippen molar-refractivity contribution in [2.24, 2.45) is 5.41 Å². The molecule has 0 rings (SSSR count). The number of carbonyl (C=O) groups is 2. The van der Waals surface area contributed by atoms with E-state index >= 15 is 0 Å². The SMILES string of the molecule is CCNC(=O)CCNC(C)(C)C(C)(C)C(=O)O. The molecule has 5 heteroatoms. The second kappa shape index (κ2) is 6.00. The number of carbonyl (C=O) groups excluding carboxylic acids is 1. The summed E-state index contributed by atoms with van der Waals surface area (Å²) in [7, 11) is 0. The van der Waals surface area contributed by atoms with E-state index in [2.05, 4.69) is 10.6 Å². The molecule has 0 aromatic rings.